The number of anilines is 1. The standard InChI is InChI=1S/C13H13ClN2O2S/c14-11-3-1-2-10(8-11)9-16-19(17,18)13-6-4-12(15)5-7-13/h1-8,16H,9,15H2. The Morgan fingerprint density at radius 1 is 1.11 bits per heavy atom. The summed E-state index contributed by atoms with van der Waals surface area (Å²) in [6, 6.07) is 13.1. The Balaban J connectivity index is 2.12. The molecule has 6 heteroatoms. The van der Waals surface area contributed by atoms with Gasteiger partial charge >= 0.3 is 0 Å². The maximum absolute atomic E-state index is 12.0. The van der Waals surface area contributed by atoms with E-state index in [-0.39, 0.29) is 11.4 Å². The summed E-state index contributed by atoms with van der Waals surface area (Å²) in [6.07, 6.45) is 0. The largest absolute Gasteiger partial charge is 0.399 e. The number of sulfonamides is 1. The molecule has 0 saturated carbocycles. The van der Waals surface area contributed by atoms with E-state index >= 15 is 0 Å². The molecule has 0 aliphatic rings. The first kappa shape index (κ1) is 13.9. The molecule has 3 N–H and O–H groups in total. The predicted molar refractivity (Wildman–Crippen MR) is 76.3 cm³/mol. The monoisotopic (exact) mass is 296 g/mol. The van der Waals surface area contributed by atoms with Gasteiger partial charge in [0.2, 0.25) is 10.0 Å². The second-order valence-electron chi connectivity index (χ2n) is 4.02. The van der Waals surface area contributed by atoms with Crippen LogP contribution in [0.25, 0.3) is 0 Å². The van der Waals surface area contributed by atoms with E-state index in [1.165, 1.54) is 12.1 Å². The molecule has 0 heterocycles. The second-order valence-corrected chi connectivity index (χ2v) is 6.23. The molecule has 0 atom stereocenters. The highest BCUT2D eigenvalue weighted by Crippen LogP contribution is 2.14. The quantitative estimate of drug-likeness (QED) is 0.851. The molecule has 0 radical (unpaired) electrons. The molecule has 0 aromatic heterocycles. The third kappa shape index (κ3) is 3.70. The van der Waals surface area contributed by atoms with E-state index in [1.807, 2.05) is 0 Å². The van der Waals surface area contributed by atoms with Crippen molar-refractivity contribution in [3.8, 4) is 0 Å². The molecule has 0 bridgehead atoms. The predicted octanol–water partition coefficient (Wildman–Crippen LogP) is 2.40. The molecule has 0 saturated heterocycles. The normalized spacial score (nSPS) is 11.4. The van der Waals surface area contributed by atoms with Crippen LogP contribution >= 0.6 is 11.6 Å². The Morgan fingerprint density at radius 2 is 1.79 bits per heavy atom. The number of hydrogen-bond acceptors (Lipinski definition) is 3. The van der Waals surface area contributed by atoms with Gasteiger partial charge in [-0.1, -0.05) is 23.7 Å². The molecule has 0 fully saturated rings. The molecule has 19 heavy (non-hydrogen) atoms. The van der Waals surface area contributed by atoms with Gasteiger partial charge in [-0.25, -0.2) is 13.1 Å². The van der Waals surface area contributed by atoms with Crippen molar-refractivity contribution in [2.24, 2.45) is 0 Å². The van der Waals surface area contributed by atoms with E-state index < -0.39 is 10.0 Å². The van der Waals surface area contributed by atoms with Gasteiger partial charge in [-0.2, -0.15) is 0 Å². The summed E-state index contributed by atoms with van der Waals surface area (Å²) < 4.78 is 26.5. The van der Waals surface area contributed by atoms with Gasteiger partial charge in [0.15, 0.2) is 0 Å². The lowest BCUT2D eigenvalue weighted by molar-refractivity contribution is 0.581. The van der Waals surface area contributed by atoms with Gasteiger partial charge in [-0.15, -0.1) is 0 Å². The zero-order valence-electron chi connectivity index (χ0n) is 10.0. The zero-order chi connectivity index (χ0) is 13.9. The first-order valence-electron chi connectivity index (χ1n) is 5.57. The number of nitrogens with two attached hydrogens (primary N) is 1. The molecule has 2 aromatic rings. The van der Waals surface area contributed by atoms with Crippen molar-refractivity contribution in [1.82, 2.24) is 4.72 Å². The fourth-order valence-electron chi connectivity index (χ4n) is 1.56. The first-order valence-corrected chi connectivity index (χ1v) is 7.43. The molecule has 2 aromatic carbocycles. The summed E-state index contributed by atoms with van der Waals surface area (Å²) >= 11 is 5.84. The van der Waals surface area contributed by atoms with Crippen LogP contribution in [0, 0.1) is 0 Å². The molecule has 0 aliphatic carbocycles. The Bertz CT molecular complexity index is 669. The van der Waals surface area contributed by atoms with Crippen LogP contribution in [0.3, 0.4) is 0 Å². The Labute approximate surface area is 117 Å². The highest BCUT2D eigenvalue weighted by Gasteiger charge is 2.13. The molecule has 0 spiro atoms. The maximum Gasteiger partial charge on any atom is 0.240 e. The Kier molecular flexibility index (Phi) is 4.09. The minimum Gasteiger partial charge on any atom is -0.399 e. The van der Waals surface area contributed by atoms with Gasteiger partial charge < -0.3 is 5.73 Å². The minimum atomic E-state index is -3.54. The molecule has 4 nitrogen and oxygen atoms in total. The molecule has 0 unspecified atom stereocenters. The molecule has 0 amide bonds. The molecule has 2 rings (SSSR count). The summed E-state index contributed by atoms with van der Waals surface area (Å²) in [4.78, 5) is 0.184. The fraction of sp³-hybridized carbons (Fsp3) is 0.0769. The van der Waals surface area contributed by atoms with E-state index in [0.29, 0.717) is 10.7 Å². The average molecular weight is 297 g/mol. The van der Waals surface area contributed by atoms with Crippen LogP contribution in [0.4, 0.5) is 5.69 Å². The lowest BCUT2D eigenvalue weighted by Gasteiger charge is -2.07. The number of hydrogen-bond donors (Lipinski definition) is 2. The Hall–Kier alpha value is -1.56. The smallest absolute Gasteiger partial charge is 0.240 e. The number of benzene rings is 2. The van der Waals surface area contributed by atoms with Crippen LogP contribution in [0.2, 0.25) is 5.02 Å². The van der Waals surface area contributed by atoms with Crippen LogP contribution in [-0.4, -0.2) is 8.42 Å². The van der Waals surface area contributed by atoms with E-state index in [0.717, 1.165) is 5.56 Å². The summed E-state index contributed by atoms with van der Waals surface area (Å²) in [7, 11) is -3.54. The Morgan fingerprint density at radius 3 is 2.42 bits per heavy atom. The maximum atomic E-state index is 12.0. The summed E-state index contributed by atoms with van der Waals surface area (Å²) in [5.41, 5.74) is 6.84. The third-order valence-electron chi connectivity index (χ3n) is 2.55. The van der Waals surface area contributed by atoms with Gasteiger partial charge in [0.05, 0.1) is 4.90 Å². The van der Waals surface area contributed by atoms with Crippen molar-refractivity contribution in [3.05, 3.63) is 59.1 Å². The van der Waals surface area contributed by atoms with Crippen molar-refractivity contribution in [3.63, 3.8) is 0 Å². The lowest BCUT2D eigenvalue weighted by atomic mass is 10.2. The summed E-state index contributed by atoms with van der Waals surface area (Å²) in [5.74, 6) is 0. The van der Waals surface area contributed by atoms with E-state index in [9.17, 15) is 8.42 Å². The highest BCUT2D eigenvalue weighted by atomic mass is 35.5. The van der Waals surface area contributed by atoms with Gasteiger partial charge in [-0.3, -0.25) is 0 Å². The van der Waals surface area contributed by atoms with Crippen molar-refractivity contribution < 1.29 is 8.42 Å². The van der Waals surface area contributed by atoms with Crippen molar-refractivity contribution in [2.45, 2.75) is 11.4 Å². The molecular weight excluding hydrogens is 284 g/mol. The van der Waals surface area contributed by atoms with Crippen molar-refractivity contribution in [1.29, 1.82) is 0 Å². The van der Waals surface area contributed by atoms with Crippen LogP contribution in [0.15, 0.2) is 53.4 Å². The van der Waals surface area contributed by atoms with E-state index in [1.54, 1.807) is 36.4 Å². The topological polar surface area (TPSA) is 72.2 Å². The van der Waals surface area contributed by atoms with Gasteiger partial charge in [0.1, 0.15) is 0 Å². The molecule has 0 aliphatic heterocycles. The molecule has 100 valence electrons. The van der Waals surface area contributed by atoms with Crippen LogP contribution < -0.4 is 10.5 Å². The fourth-order valence-corrected chi connectivity index (χ4v) is 2.79. The second kappa shape index (κ2) is 5.61. The first-order chi connectivity index (χ1) is 8.97. The SMILES string of the molecule is Nc1ccc(S(=O)(=O)NCc2cccc(Cl)c2)cc1. The number of halogens is 1. The summed E-state index contributed by atoms with van der Waals surface area (Å²) in [5, 5.41) is 0.573. The average Bonchev–Trinajstić information content (AvgIpc) is 2.37. The third-order valence-corrected chi connectivity index (χ3v) is 4.20. The van der Waals surface area contributed by atoms with E-state index in [4.69, 9.17) is 17.3 Å². The highest BCUT2D eigenvalue weighted by molar-refractivity contribution is 7.89. The minimum absolute atomic E-state index is 0.184. The van der Waals surface area contributed by atoms with E-state index in [2.05, 4.69) is 4.72 Å². The van der Waals surface area contributed by atoms with Gasteiger partial charge in [0.25, 0.3) is 0 Å². The number of nitrogens with one attached hydrogen (secondary N) is 1. The zero-order valence-corrected chi connectivity index (χ0v) is 11.6. The molecular formula is C13H13ClN2O2S. The van der Waals surface area contributed by atoms with Crippen LogP contribution in [-0.2, 0) is 16.6 Å². The van der Waals surface area contributed by atoms with Crippen LogP contribution in [0.5, 0.6) is 0 Å². The lowest BCUT2D eigenvalue weighted by Crippen LogP contribution is -2.23. The summed E-state index contributed by atoms with van der Waals surface area (Å²) in [6.45, 7) is 0.188. The van der Waals surface area contributed by atoms with Gasteiger partial charge in [0, 0.05) is 17.3 Å². The number of nitrogen functional groups attached to an aromatic ring is 1. The van der Waals surface area contributed by atoms with Crippen LogP contribution in [0.1, 0.15) is 5.56 Å². The van der Waals surface area contributed by atoms with Crippen molar-refractivity contribution >= 4 is 27.3 Å². The van der Waals surface area contributed by atoms with Crippen molar-refractivity contribution in [2.75, 3.05) is 5.73 Å². The number of rotatable bonds is 4. The van der Waals surface area contributed by atoms with Gasteiger partial charge in [-0.05, 0) is 42.0 Å².